The molecule has 8 heteroatoms. The molecule has 2 atom stereocenters. The summed E-state index contributed by atoms with van der Waals surface area (Å²) in [5, 5.41) is 14.8. The Hall–Kier alpha value is -3.55. The standard InChI is InChI=1S/C27H36N2O6/c1-18(2)15-22(29-26(33)35-27(3,4)5)24(30)28-23(25(31)32)16-19-11-13-21(14-12-19)34-17-20-9-7-6-8-10-20/h6-14,18,22-23H,15-17H2,1-5H3,(H,28,30)(H,29,33)(H,31,32)/t22-,23-/m0/s1. The lowest BCUT2D eigenvalue weighted by Crippen LogP contribution is -2.53. The van der Waals surface area contributed by atoms with Crippen LogP contribution in [0.2, 0.25) is 0 Å². The lowest BCUT2D eigenvalue weighted by atomic mass is 10.0. The van der Waals surface area contributed by atoms with E-state index in [1.807, 2.05) is 44.2 Å². The van der Waals surface area contributed by atoms with Crippen LogP contribution in [0.5, 0.6) is 5.75 Å². The van der Waals surface area contributed by atoms with E-state index in [0.29, 0.717) is 18.8 Å². The van der Waals surface area contributed by atoms with Crippen LogP contribution in [0.1, 0.15) is 52.2 Å². The van der Waals surface area contributed by atoms with Gasteiger partial charge in [-0.3, -0.25) is 4.79 Å². The largest absolute Gasteiger partial charge is 0.489 e. The van der Waals surface area contributed by atoms with Gasteiger partial charge in [0.2, 0.25) is 5.91 Å². The van der Waals surface area contributed by atoms with Crippen LogP contribution in [0.15, 0.2) is 54.6 Å². The number of nitrogens with one attached hydrogen (secondary N) is 2. The van der Waals surface area contributed by atoms with Crippen molar-refractivity contribution in [3.8, 4) is 5.75 Å². The summed E-state index contributed by atoms with van der Waals surface area (Å²) in [6, 6.07) is 14.8. The molecule has 0 bridgehead atoms. The minimum Gasteiger partial charge on any atom is -0.489 e. The van der Waals surface area contributed by atoms with Gasteiger partial charge in [0, 0.05) is 6.42 Å². The van der Waals surface area contributed by atoms with Crippen LogP contribution in [0.4, 0.5) is 4.79 Å². The fourth-order valence-electron chi connectivity index (χ4n) is 3.32. The predicted octanol–water partition coefficient (Wildman–Crippen LogP) is 4.32. The zero-order valence-electron chi connectivity index (χ0n) is 21.0. The summed E-state index contributed by atoms with van der Waals surface area (Å²) in [6.07, 6.45) is -0.303. The number of aliphatic carboxylic acids is 1. The molecule has 0 spiro atoms. The van der Waals surface area contributed by atoms with Gasteiger partial charge in [0.05, 0.1) is 0 Å². The van der Waals surface area contributed by atoms with Crippen LogP contribution in [0.25, 0.3) is 0 Å². The van der Waals surface area contributed by atoms with Crippen molar-refractivity contribution in [3.63, 3.8) is 0 Å². The molecule has 0 aliphatic heterocycles. The van der Waals surface area contributed by atoms with Crippen molar-refractivity contribution in [1.29, 1.82) is 0 Å². The number of amides is 2. The van der Waals surface area contributed by atoms with Crippen molar-refractivity contribution < 1.29 is 29.0 Å². The number of carboxylic acids is 1. The number of alkyl carbamates (subject to hydrolysis) is 1. The van der Waals surface area contributed by atoms with Gasteiger partial charge in [-0.05, 0) is 56.4 Å². The molecule has 190 valence electrons. The number of ether oxygens (including phenoxy) is 2. The van der Waals surface area contributed by atoms with Crippen molar-refractivity contribution in [2.24, 2.45) is 5.92 Å². The third kappa shape index (κ3) is 10.5. The molecule has 2 amide bonds. The molecular weight excluding hydrogens is 448 g/mol. The van der Waals surface area contributed by atoms with Gasteiger partial charge in [-0.15, -0.1) is 0 Å². The van der Waals surface area contributed by atoms with E-state index in [1.54, 1.807) is 45.0 Å². The van der Waals surface area contributed by atoms with E-state index in [0.717, 1.165) is 11.1 Å². The molecule has 3 N–H and O–H groups in total. The molecule has 0 fully saturated rings. The number of carbonyl (C=O) groups is 3. The van der Waals surface area contributed by atoms with Crippen molar-refractivity contribution in [1.82, 2.24) is 10.6 Å². The average Bonchev–Trinajstić information content (AvgIpc) is 2.76. The molecular formula is C27H36N2O6. The Morgan fingerprint density at radius 2 is 1.51 bits per heavy atom. The molecule has 0 saturated carbocycles. The molecule has 0 heterocycles. The van der Waals surface area contributed by atoms with E-state index in [2.05, 4.69) is 10.6 Å². The molecule has 2 rings (SSSR count). The highest BCUT2D eigenvalue weighted by molar-refractivity contribution is 5.89. The first-order chi connectivity index (χ1) is 16.4. The SMILES string of the molecule is CC(C)C[C@H](NC(=O)OC(C)(C)C)C(=O)N[C@@H](Cc1ccc(OCc2ccccc2)cc1)C(=O)O. The highest BCUT2D eigenvalue weighted by atomic mass is 16.6. The predicted molar refractivity (Wildman–Crippen MR) is 133 cm³/mol. The molecule has 0 aromatic heterocycles. The number of hydrogen-bond acceptors (Lipinski definition) is 5. The summed E-state index contributed by atoms with van der Waals surface area (Å²) >= 11 is 0. The molecule has 0 unspecified atom stereocenters. The van der Waals surface area contributed by atoms with E-state index in [4.69, 9.17) is 9.47 Å². The van der Waals surface area contributed by atoms with Crippen LogP contribution < -0.4 is 15.4 Å². The zero-order valence-corrected chi connectivity index (χ0v) is 21.0. The first kappa shape index (κ1) is 27.7. The van der Waals surface area contributed by atoms with E-state index in [1.165, 1.54) is 0 Å². The topological polar surface area (TPSA) is 114 Å². The fourth-order valence-corrected chi connectivity index (χ4v) is 3.32. The Balaban J connectivity index is 2.00. The number of carboxylic acid groups (broad SMARTS) is 1. The highest BCUT2D eigenvalue weighted by Crippen LogP contribution is 2.16. The Kier molecular flexibility index (Phi) is 10.1. The molecule has 2 aromatic rings. The van der Waals surface area contributed by atoms with Crippen LogP contribution in [0.3, 0.4) is 0 Å². The quantitative estimate of drug-likeness (QED) is 0.438. The normalized spacial score (nSPS) is 13.0. The number of carbonyl (C=O) groups excluding carboxylic acids is 2. The van der Waals surface area contributed by atoms with Gasteiger partial charge in [-0.1, -0.05) is 56.3 Å². The third-order valence-electron chi connectivity index (χ3n) is 4.94. The second-order valence-electron chi connectivity index (χ2n) is 9.85. The molecule has 8 nitrogen and oxygen atoms in total. The number of benzene rings is 2. The summed E-state index contributed by atoms with van der Waals surface area (Å²) < 4.78 is 11.0. The summed E-state index contributed by atoms with van der Waals surface area (Å²) in [4.78, 5) is 37.0. The van der Waals surface area contributed by atoms with E-state index >= 15 is 0 Å². The first-order valence-electron chi connectivity index (χ1n) is 11.7. The van der Waals surface area contributed by atoms with Crippen molar-refractivity contribution in [3.05, 3.63) is 65.7 Å². The summed E-state index contributed by atoms with van der Waals surface area (Å²) in [5.41, 5.74) is 1.05. The van der Waals surface area contributed by atoms with Gasteiger partial charge < -0.3 is 25.2 Å². The van der Waals surface area contributed by atoms with Crippen molar-refractivity contribution >= 4 is 18.0 Å². The maximum atomic E-state index is 12.9. The molecule has 0 aliphatic carbocycles. The van der Waals surface area contributed by atoms with Crippen LogP contribution >= 0.6 is 0 Å². The number of hydrogen-bond donors (Lipinski definition) is 3. The van der Waals surface area contributed by atoms with Gasteiger partial charge >= 0.3 is 12.1 Å². The zero-order chi connectivity index (χ0) is 26.0. The molecule has 0 radical (unpaired) electrons. The molecule has 35 heavy (non-hydrogen) atoms. The highest BCUT2D eigenvalue weighted by Gasteiger charge is 2.29. The van der Waals surface area contributed by atoms with Gasteiger partial charge in [0.15, 0.2) is 0 Å². The third-order valence-corrected chi connectivity index (χ3v) is 4.94. The first-order valence-corrected chi connectivity index (χ1v) is 11.7. The lowest BCUT2D eigenvalue weighted by molar-refractivity contribution is -0.142. The number of rotatable bonds is 11. The Bertz CT molecular complexity index is 967. The van der Waals surface area contributed by atoms with Crippen LogP contribution in [0, 0.1) is 5.92 Å². The van der Waals surface area contributed by atoms with Crippen molar-refractivity contribution in [2.45, 2.75) is 71.8 Å². The minimum absolute atomic E-state index is 0.0842. The van der Waals surface area contributed by atoms with E-state index < -0.39 is 35.7 Å². The van der Waals surface area contributed by atoms with Gasteiger partial charge in [0.1, 0.15) is 30.0 Å². The summed E-state index contributed by atoms with van der Waals surface area (Å²) in [6.45, 7) is 9.42. The second-order valence-corrected chi connectivity index (χ2v) is 9.85. The van der Waals surface area contributed by atoms with Crippen LogP contribution in [-0.4, -0.2) is 40.8 Å². The molecule has 0 aliphatic rings. The second kappa shape index (κ2) is 12.8. The van der Waals surface area contributed by atoms with Crippen LogP contribution in [-0.2, 0) is 27.4 Å². The van der Waals surface area contributed by atoms with Gasteiger partial charge in [0.25, 0.3) is 0 Å². The average molecular weight is 485 g/mol. The summed E-state index contributed by atoms with van der Waals surface area (Å²) in [5.74, 6) is -0.984. The molecule has 2 aromatic carbocycles. The molecule has 0 saturated heterocycles. The summed E-state index contributed by atoms with van der Waals surface area (Å²) in [7, 11) is 0. The Morgan fingerprint density at radius 3 is 2.06 bits per heavy atom. The smallest absolute Gasteiger partial charge is 0.408 e. The maximum absolute atomic E-state index is 12.9. The monoisotopic (exact) mass is 484 g/mol. The maximum Gasteiger partial charge on any atom is 0.408 e. The Labute approximate surface area is 207 Å². The van der Waals surface area contributed by atoms with E-state index in [-0.39, 0.29) is 12.3 Å². The van der Waals surface area contributed by atoms with Crippen molar-refractivity contribution in [2.75, 3.05) is 0 Å². The lowest BCUT2D eigenvalue weighted by Gasteiger charge is -2.25. The Morgan fingerprint density at radius 1 is 0.886 bits per heavy atom. The van der Waals surface area contributed by atoms with Gasteiger partial charge in [-0.2, -0.15) is 0 Å². The van der Waals surface area contributed by atoms with Gasteiger partial charge in [-0.25, -0.2) is 9.59 Å². The van der Waals surface area contributed by atoms with E-state index in [9.17, 15) is 19.5 Å². The minimum atomic E-state index is -1.16. The fraction of sp³-hybridized carbons (Fsp3) is 0.444.